The number of ether oxygens (including phenoxy) is 4. The fourth-order valence-electron chi connectivity index (χ4n) is 6.12. The number of carbonyl (C=O) groups is 7. The average Bonchev–Trinajstić information content (AvgIpc) is 3.84. The Labute approximate surface area is 311 Å². The number of hydrogen-bond acceptors (Lipinski definition) is 15. The topological polar surface area (TPSA) is 233 Å². The zero-order valence-corrected chi connectivity index (χ0v) is 30.7. The molecule has 4 aliphatic rings. The number of thioether (sulfide) groups is 2. The van der Waals surface area contributed by atoms with E-state index < -0.39 is 82.8 Å². The quantitative estimate of drug-likeness (QED) is 0.116. The van der Waals surface area contributed by atoms with E-state index in [1.807, 2.05) is 5.38 Å². The lowest BCUT2D eigenvalue weighted by Crippen LogP contribution is -2.81. The van der Waals surface area contributed by atoms with Gasteiger partial charge in [0.1, 0.15) is 35.4 Å². The number of thiophene rings is 2. The molecule has 0 radical (unpaired) electrons. The van der Waals surface area contributed by atoms with Crippen molar-refractivity contribution in [1.82, 2.24) is 20.4 Å². The Morgan fingerprint density at radius 1 is 0.808 bits per heavy atom. The lowest BCUT2D eigenvalue weighted by atomic mass is 9.97. The Morgan fingerprint density at radius 2 is 1.27 bits per heavy atom. The maximum Gasteiger partial charge on any atom is 0.404 e. The van der Waals surface area contributed by atoms with Gasteiger partial charge in [0, 0.05) is 46.6 Å². The second-order valence-corrected chi connectivity index (χ2v) is 15.8. The summed E-state index contributed by atoms with van der Waals surface area (Å²) in [5.41, 5.74) is 1.00. The number of fused-ring (bicyclic) bond motifs is 2. The zero-order valence-electron chi connectivity index (χ0n) is 27.4. The number of carboxylic acid groups (broad SMARTS) is 1. The van der Waals surface area contributed by atoms with Gasteiger partial charge >= 0.3 is 18.0 Å². The summed E-state index contributed by atoms with van der Waals surface area (Å²) in [4.78, 5) is 94.3. The number of carboxylic acids is 1. The molecule has 0 spiro atoms. The highest BCUT2D eigenvalue weighted by atomic mass is 32.2. The molecular weight excluding hydrogens is 763 g/mol. The minimum Gasteiger partial charge on any atom is -0.477 e. The highest BCUT2D eigenvalue weighted by Gasteiger charge is 2.68. The summed E-state index contributed by atoms with van der Waals surface area (Å²) in [6, 6.07) is 7.10. The van der Waals surface area contributed by atoms with Crippen molar-refractivity contribution in [2.24, 2.45) is 5.73 Å². The van der Waals surface area contributed by atoms with Gasteiger partial charge in [-0.15, -0.1) is 46.2 Å². The maximum atomic E-state index is 13.8. The summed E-state index contributed by atoms with van der Waals surface area (Å²) in [7, 11) is 2.48. The van der Waals surface area contributed by atoms with Crippen LogP contribution in [0.2, 0.25) is 0 Å². The Bertz CT molecular complexity index is 1880. The first-order chi connectivity index (χ1) is 24.9. The molecule has 4 atom stereocenters. The van der Waals surface area contributed by atoms with Crippen molar-refractivity contribution in [3.8, 4) is 0 Å². The van der Waals surface area contributed by atoms with Crippen molar-refractivity contribution in [2.45, 2.75) is 35.0 Å². The van der Waals surface area contributed by atoms with Crippen LogP contribution < -0.4 is 16.4 Å². The van der Waals surface area contributed by atoms with Crippen molar-refractivity contribution in [1.29, 1.82) is 0 Å². The predicted octanol–water partition coefficient (Wildman–Crippen LogP) is 0.574. The Hall–Kier alpha value is -4.41. The molecule has 0 saturated carbocycles. The molecule has 2 saturated heterocycles. The molecule has 0 aromatic carbocycles. The van der Waals surface area contributed by atoms with E-state index in [1.165, 1.54) is 36.9 Å². The molecule has 4 aliphatic heterocycles. The van der Waals surface area contributed by atoms with Crippen LogP contribution in [0.1, 0.15) is 9.75 Å². The standard InChI is InChI=1S/C31H31N5O12S4/c1-45-30(33-19(37)9-17-5-3-7-49-17)25(42)35-21(23(39)40)15(13-51-27(30)35)11-47-24(41)22-16(12-48-29(32)44)14-52-28-31(46-2,26(43)36(22)28)34-20(38)10-18-6-4-8-50-18/h3-8,27-28H,9-14H2,1-2H3,(H2,32,44)(H,33,37)(H,34,38)(H,39,40)/t27-,28-,30+,31+/m1/s1. The number of β-lactam (4-membered cyclic amide) rings is 2. The smallest absolute Gasteiger partial charge is 0.404 e. The summed E-state index contributed by atoms with van der Waals surface area (Å²) < 4.78 is 21.5. The SMILES string of the molecule is CO[C@@]1(NC(=O)Cc2cccs2)C(=O)N2C(C(=O)O)=C(COC(=O)C3=C(COC(N)=O)CS[C@H]4N3C(=O)[C@]4(NC(=O)Cc3cccs3)OC)CS[C@@H]21. The molecule has 276 valence electrons. The molecule has 21 heteroatoms. The maximum absolute atomic E-state index is 13.8. The van der Waals surface area contributed by atoms with Crippen LogP contribution >= 0.6 is 46.2 Å². The Morgan fingerprint density at radius 3 is 1.69 bits per heavy atom. The van der Waals surface area contributed by atoms with Crippen LogP contribution in [0.15, 0.2) is 57.6 Å². The minimum absolute atomic E-state index is 0.00943. The largest absolute Gasteiger partial charge is 0.477 e. The first-order valence-electron chi connectivity index (χ1n) is 15.3. The van der Waals surface area contributed by atoms with Crippen LogP contribution in [0, 0.1) is 0 Å². The predicted molar refractivity (Wildman–Crippen MR) is 186 cm³/mol. The minimum atomic E-state index is -1.82. The van der Waals surface area contributed by atoms with Crippen LogP contribution in [0.3, 0.4) is 0 Å². The summed E-state index contributed by atoms with van der Waals surface area (Å²) in [5.74, 6) is -5.14. The zero-order chi connectivity index (χ0) is 37.4. The molecule has 6 rings (SSSR count). The third kappa shape index (κ3) is 6.56. The van der Waals surface area contributed by atoms with Crippen molar-refractivity contribution >= 4 is 87.9 Å². The normalized spacial score (nSPS) is 25.0. The average molecular weight is 794 g/mol. The van der Waals surface area contributed by atoms with Gasteiger partial charge in [0.2, 0.25) is 11.8 Å². The number of rotatable bonds is 14. The second-order valence-electron chi connectivity index (χ2n) is 11.6. The lowest BCUT2D eigenvalue weighted by Gasteiger charge is -2.56. The van der Waals surface area contributed by atoms with Gasteiger partial charge in [0.25, 0.3) is 23.3 Å². The van der Waals surface area contributed by atoms with Gasteiger partial charge in [-0.2, -0.15) is 0 Å². The van der Waals surface area contributed by atoms with Gasteiger partial charge < -0.3 is 40.4 Å². The van der Waals surface area contributed by atoms with Gasteiger partial charge in [-0.25, -0.2) is 14.4 Å². The Kier molecular flexibility index (Phi) is 10.7. The first-order valence-corrected chi connectivity index (χ1v) is 19.2. The van der Waals surface area contributed by atoms with E-state index >= 15 is 0 Å². The number of aliphatic carboxylic acids is 1. The van der Waals surface area contributed by atoms with E-state index in [0.29, 0.717) is 0 Å². The van der Waals surface area contributed by atoms with Crippen LogP contribution in [0.4, 0.5) is 4.79 Å². The van der Waals surface area contributed by atoms with Crippen molar-refractivity contribution < 1.29 is 57.6 Å². The van der Waals surface area contributed by atoms with E-state index in [2.05, 4.69) is 10.6 Å². The highest BCUT2D eigenvalue weighted by Crippen LogP contribution is 2.48. The monoisotopic (exact) mass is 793 g/mol. The van der Waals surface area contributed by atoms with Crippen LogP contribution in [-0.2, 0) is 60.6 Å². The third-order valence-corrected chi connectivity index (χ3v) is 13.0. The summed E-state index contributed by atoms with van der Waals surface area (Å²) in [5, 5.41) is 17.2. The molecule has 17 nitrogen and oxygen atoms in total. The van der Waals surface area contributed by atoms with Crippen LogP contribution in [0.25, 0.3) is 0 Å². The molecule has 0 unspecified atom stereocenters. The molecule has 0 aliphatic carbocycles. The molecular formula is C31H31N5O12S4. The fourth-order valence-corrected chi connectivity index (χ4v) is 10.4. The number of nitrogens with one attached hydrogen (secondary N) is 2. The first kappa shape index (κ1) is 37.4. The fraction of sp³-hybridized carbons (Fsp3) is 0.387. The second kappa shape index (κ2) is 14.9. The number of primary amides is 1. The van der Waals surface area contributed by atoms with Crippen molar-refractivity contribution in [2.75, 3.05) is 38.9 Å². The summed E-state index contributed by atoms with van der Waals surface area (Å²) in [6.07, 6.45) is -1.15. The molecule has 0 bridgehead atoms. The number of esters is 1. The molecule has 2 aromatic heterocycles. The number of carbonyl (C=O) groups excluding carboxylic acids is 6. The van der Waals surface area contributed by atoms with Gasteiger partial charge in [0.05, 0.1) is 12.8 Å². The van der Waals surface area contributed by atoms with E-state index in [4.69, 9.17) is 24.7 Å². The van der Waals surface area contributed by atoms with Crippen LogP contribution in [-0.4, -0.2) is 118 Å². The molecule has 2 aromatic rings. The van der Waals surface area contributed by atoms with Gasteiger partial charge in [0.15, 0.2) is 0 Å². The number of hydrogen-bond donors (Lipinski definition) is 4. The molecule has 2 fully saturated rings. The molecule has 5 N–H and O–H groups in total. The van der Waals surface area contributed by atoms with Crippen LogP contribution in [0.5, 0.6) is 0 Å². The molecule has 6 heterocycles. The van der Waals surface area contributed by atoms with Gasteiger partial charge in [-0.1, -0.05) is 12.1 Å². The molecule has 5 amide bonds. The number of methoxy groups -OCH3 is 2. The summed E-state index contributed by atoms with van der Waals surface area (Å²) >= 11 is 4.96. The van der Waals surface area contributed by atoms with Crippen molar-refractivity contribution in [3.63, 3.8) is 0 Å². The van der Waals surface area contributed by atoms with E-state index in [9.17, 15) is 38.7 Å². The lowest BCUT2D eigenvalue weighted by molar-refractivity contribution is -0.193. The number of amides is 5. The molecule has 52 heavy (non-hydrogen) atoms. The van der Waals surface area contributed by atoms with E-state index in [0.717, 1.165) is 43.1 Å². The third-order valence-electron chi connectivity index (χ3n) is 8.51. The van der Waals surface area contributed by atoms with E-state index in [-0.39, 0.29) is 41.2 Å². The highest BCUT2D eigenvalue weighted by molar-refractivity contribution is 8.00. The Balaban J connectivity index is 1.20. The van der Waals surface area contributed by atoms with Crippen molar-refractivity contribution in [3.05, 3.63) is 67.3 Å². The van der Waals surface area contributed by atoms with E-state index in [1.54, 1.807) is 29.6 Å². The van der Waals surface area contributed by atoms with Gasteiger partial charge in [-0.05, 0) is 22.9 Å². The summed E-state index contributed by atoms with van der Waals surface area (Å²) in [6.45, 7) is -1.07. The number of nitrogens with two attached hydrogens (primary N) is 1. The van der Waals surface area contributed by atoms with Gasteiger partial charge in [-0.3, -0.25) is 29.0 Å². The number of nitrogens with zero attached hydrogens (tertiary/aromatic N) is 2.